The molecule has 8 heteroatoms. The van der Waals surface area contributed by atoms with Gasteiger partial charge in [0.1, 0.15) is 16.2 Å². The van der Waals surface area contributed by atoms with Crippen molar-refractivity contribution in [2.45, 2.75) is 45.6 Å². The van der Waals surface area contributed by atoms with Crippen molar-refractivity contribution in [1.29, 1.82) is 0 Å². The predicted molar refractivity (Wildman–Crippen MR) is 123 cm³/mol. The van der Waals surface area contributed by atoms with Crippen LogP contribution in [-0.2, 0) is 17.6 Å². The Bertz CT molecular complexity index is 1110. The zero-order chi connectivity index (χ0) is 21.6. The van der Waals surface area contributed by atoms with Gasteiger partial charge in [-0.05, 0) is 57.7 Å². The Morgan fingerprint density at radius 1 is 1.13 bits per heavy atom. The summed E-state index contributed by atoms with van der Waals surface area (Å²) in [7, 11) is 0. The molecule has 31 heavy (non-hydrogen) atoms. The summed E-state index contributed by atoms with van der Waals surface area (Å²) < 4.78 is 5.55. The average molecular weight is 438 g/mol. The molecule has 7 nitrogen and oxygen atoms in total. The molecule has 0 N–H and O–H groups in total. The fourth-order valence-corrected chi connectivity index (χ4v) is 5.51. The van der Waals surface area contributed by atoms with Gasteiger partial charge in [0.2, 0.25) is 0 Å². The van der Waals surface area contributed by atoms with Crippen LogP contribution in [0.15, 0.2) is 24.5 Å². The van der Waals surface area contributed by atoms with Gasteiger partial charge in [0.25, 0.3) is 0 Å². The minimum absolute atomic E-state index is 0.243. The molecule has 1 saturated heterocycles. The van der Waals surface area contributed by atoms with E-state index in [4.69, 9.17) is 14.7 Å². The van der Waals surface area contributed by atoms with Gasteiger partial charge in [-0.3, -0.25) is 4.98 Å². The molecule has 0 radical (unpaired) electrons. The van der Waals surface area contributed by atoms with E-state index in [-0.39, 0.29) is 6.09 Å². The SMILES string of the molecule is CC(C)(C)OC(=O)N1CCN(c2nc(-c3cccnc3)nc3sc4c(c23)CCC4)CC1. The number of rotatable bonds is 2. The third-order valence-electron chi connectivity index (χ3n) is 5.70. The molecule has 3 aromatic rings. The van der Waals surface area contributed by atoms with Crippen LogP contribution < -0.4 is 4.90 Å². The number of aromatic nitrogens is 3. The lowest BCUT2D eigenvalue weighted by atomic mass is 10.1. The van der Waals surface area contributed by atoms with E-state index in [0.29, 0.717) is 18.9 Å². The Morgan fingerprint density at radius 3 is 2.65 bits per heavy atom. The summed E-state index contributed by atoms with van der Waals surface area (Å²) in [5.74, 6) is 1.71. The lowest BCUT2D eigenvalue weighted by molar-refractivity contribution is 0.0240. The molecule has 1 fully saturated rings. The van der Waals surface area contributed by atoms with Crippen LogP contribution >= 0.6 is 11.3 Å². The number of carbonyl (C=O) groups is 1. The van der Waals surface area contributed by atoms with E-state index in [1.165, 1.54) is 22.2 Å². The summed E-state index contributed by atoms with van der Waals surface area (Å²) >= 11 is 1.80. The Kier molecular flexibility index (Phi) is 5.04. The van der Waals surface area contributed by atoms with E-state index in [9.17, 15) is 4.79 Å². The summed E-state index contributed by atoms with van der Waals surface area (Å²) in [5, 5.41) is 1.20. The van der Waals surface area contributed by atoms with Crippen molar-refractivity contribution in [2.75, 3.05) is 31.1 Å². The minimum Gasteiger partial charge on any atom is -0.444 e. The second kappa shape index (κ2) is 7.75. The van der Waals surface area contributed by atoms with E-state index in [0.717, 1.165) is 42.1 Å². The third kappa shape index (κ3) is 3.96. The smallest absolute Gasteiger partial charge is 0.410 e. The maximum atomic E-state index is 12.5. The van der Waals surface area contributed by atoms with Crippen molar-refractivity contribution in [3.63, 3.8) is 0 Å². The van der Waals surface area contributed by atoms with Crippen molar-refractivity contribution >= 4 is 33.5 Å². The van der Waals surface area contributed by atoms with Gasteiger partial charge in [0, 0.05) is 49.0 Å². The first-order valence-corrected chi connectivity index (χ1v) is 11.7. The largest absolute Gasteiger partial charge is 0.444 e. The lowest BCUT2D eigenvalue weighted by Crippen LogP contribution is -2.50. The standard InChI is InChI=1S/C23H27N5O2S/c1-23(2,3)30-22(29)28-12-10-27(11-13-28)20-18-16-7-4-8-17(16)31-21(18)26-19(25-20)15-6-5-9-24-14-15/h5-6,9,14H,4,7-8,10-13H2,1-3H3. The normalized spacial score (nSPS) is 16.6. The van der Waals surface area contributed by atoms with Crippen molar-refractivity contribution in [1.82, 2.24) is 19.9 Å². The second-order valence-corrected chi connectivity index (χ2v) is 10.2. The van der Waals surface area contributed by atoms with Crippen LogP contribution in [-0.4, -0.2) is 57.7 Å². The number of fused-ring (bicyclic) bond motifs is 3. The van der Waals surface area contributed by atoms with Gasteiger partial charge in [0.05, 0.1) is 5.39 Å². The van der Waals surface area contributed by atoms with E-state index in [1.54, 1.807) is 22.4 Å². The molecule has 2 aliphatic rings. The van der Waals surface area contributed by atoms with Crippen molar-refractivity contribution < 1.29 is 9.53 Å². The van der Waals surface area contributed by atoms with Crippen LogP contribution in [0, 0.1) is 0 Å². The number of hydrogen-bond acceptors (Lipinski definition) is 7. The van der Waals surface area contributed by atoms with Crippen LogP contribution in [0.4, 0.5) is 10.6 Å². The summed E-state index contributed by atoms with van der Waals surface area (Å²) in [6.07, 6.45) is 6.76. The molecule has 0 atom stereocenters. The number of ether oxygens (including phenoxy) is 1. The molecule has 0 bridgehead atoms. The molecular formula is C23H27N5O2S. The van der Waals surface area contributed by atoms with Crippen LogP contribution in [0.5, 0.6) is 0 Å². The summed E-state index contributed by atoms with van der Waals surface area (Å²) in [4.78, 5) is 33.2. The first-order chi connectivity index (χ1) is 14.9. The van der Waals surface area contributed by atoms with Gasteiger partial charge in [-0.25, -0.2) is 14.8 Å². The number of pyridine rings is 1. The summed E-state index contributed by atoms with van der Waals surface area (Å²) in [5.41, 5.74) is 1.86. The number of amides is 1. The first-order valence-electron chi connectivity index (χ1n) is 10.8. The van der Waals surface area contributed by atoms with Gasteiger partial charge in [-0.15, -0.1) is 11.3 Å². The number of nitrogens with zero attached hydrogens (tertiary/aromatic N) is 5. The maximum absolute atomic E-state index is 12.5. The van der Waals surface area contributed by atoms with E-state index < -0.39 is 5.60 Å². The summed E-state index contributed by atoms with van der Waals surface area (Å²) in [6.45, 7) is 8.39. The molecule has 3 aromatic heterocycles. The summed E-state index contributed by atoms with van der Waals surface area (Å²) in [6, 6.07) is 3.91. The molecule has 162 valence electrons. The van der Waals surface area contributed by atoms with Crippen LogP contribution in [0.3, 0.4) is 0 Å². The fraction of sp³-hybridized carbons (Fsp3) is 0.478. The molecule has 1 amide bonds. The first kappa shape index (κ1) is 20.2. The Hall–Kier alpha value is -2.74. The van der Waals surface area contributed by atoms with Gasteiger partial charge < -0.3 is 14.5 Å². The maximum Gasteiger partial charge on any atom is 0.410 e. The Labute approximate surface area is 186 Å². The highest BCUT2D eigenvalue weighted by Crippen LogP contribution is 2.41. The lowest BCUT2D eigenvalue weighted by Gasteiger charge is -2.36. The monoisotopic (exact) mass is 437 g/mol. The highest BCUT2D eigenvalue weighted by Gasteiger charge is 2.30. The van der Waals surface area contributed by atoms with Crippen LogP contribution in [0.1, 0.15) is 37.6 Å². The van der Waals surface area contributed by atoms with Crippen LogP contribution in [0.25, 0.3) is 21.6 Å². The molecular weight excluding hydrogens is 410 g/mol. The molecule has 0 saturated carbocycles. The highest BCUT2D eigenvalue weighted by atomic mass is 32.1. The minimum atomic E-state index is -0.483. The molecule has 1 aliphatic carbocycles. The van der Waals surface area contributed by atoms with Crippen molar-refractivity contribution in [2.24, 2.45) is 0 Å². The number of thiophene rings is 1. The van der Waals surface area contributed by atoms with Crippen molar-refractivity contribution in [3.05, 3.63) is 35.0 Å². The average Bonchev–Trinajstić information content (AvgIpc) is 3.33. The van der Waals surface area contributed by atoms with E-state index in [2.05, 4.69) is 9.88 Å². The molecule has 0 spiro atoms. The van der Waals surface area contributed by atoms with Gasteiger partial charge in [-0.1, -0.05) is 0 Å². The number of anilines is 1. The van der Waals surface area contributed by atoms with Gasteiger partial charge in [-0.2, -0.15) is 0 Å². The van der Waals surface area contributed by atoms with E-state index >= 15 is 0 Å². The van der Waals surface area contributed by atoms with Gasteiger partial charge >= 0.3 is 6.09 Å². The Balaban J connectivity index is 1.47. The number of hydrogen-bond donors (Lipinski definition) is 0. The third-order valence-corrected chi connectivity index (χ3v) is 6.88. The number of aryl methyl sites for hydroxylation is 2. The number of carbonyl (C=O) groups excluding carboxylic acids is 1. The topological polar surface area (TPSA) is 71.5 Å². The zero-order valence-corrected chi connectivity index (χ0v) is 19.0. The number of piperazine rings is 1. The quantitative estimate of drug-likeness (QED) is 0.595. The molecule has 4 heterocycles. The fourth-order valence-electron chi connectivity index (χ4n) is 4.26. The zero-order valence-electron chi connectivity index (χ0n) is 18.2. The Morgan fingerprint density at radius 2 is 1.94 bits per heavy atom. The predicted octanol–water partition coefficient (Wildman–Crippen LogP) is 4.30. The van der Waals surface area contributed by atoms with Gasteiger partial charge in [0.15, 0.2) is 5.82 Å². The van der Waals surface area contributed by atoms with Crippen LogP contribution in [0.2, 0.25) is 0 Å². The molecule has 0 unspecified atom stereocenters. The van der Waals surface area contributed by atoms with Crippen molar-refractivity contribution in [3.8, 4) is 11.4 Å². The molecule has 0 aromatic carbocycles. The molecule has 1 aliphatic heterocycles. The van der Waals surface area contributed by atoms with E-state index in [1.807, 2.05) is 39.1 Å². The second-order valence-electron chi connectivity index (χ2n) is 9.10. The molecule has 5 rings (SSSR count). The highest BCUT2D eigenvalue weighted by molar-refractivity contribution is 7.19.